The van der Waals surface area contributed by atoms with Crippen LogP contribution in [0.2, 0.25) is 0 Å². The lowest BCUT2D eigenvalue weighted by Crippen LogP contribution is -1.81. The van der Waals surface area contributed by atoms with E-state index in [1.807, 2.05) is 13.0 Å². The van der Waals surface area contributed by atoms with Gasteiger partial charge in [-0.15, -0.1) is 11.6 Å². The first kappa shape index (κ1) is 11.3. The van der Waals surface area contributed by atoms with Gasteiger partial charge in [0.1, 0.15) is 4.74 Å². The van der Waals surface area contributed by atoms with Crippen molar-refractivity contribution in [3.05, 3.63) is 11.6 Å². The van der Waals surface area contributed by atoms with Crippen LogP contribution in [-0.2, 0) is 11.8 Å². The fourth-order valence-electron chi connectivity index (χ4n) is 0.487. The molecule has 0 rings (SSSR count). The van der Waals surface area contributed by atoms with E-state index in [2.05, 4.69) is 0 Å². The van der Waals surface area contributed by atoms with E-state index >= 15 is 0 Å². The van der Waals surface area contributed by atoms with Gasteiger partial charge < -0.3 is 0 Å². The molecule has 0 saturated carbocycles. The van der Waals surface area contributed by atoms with Crippen molar-refractivity contribution in [3.8, 4) is 0 Å². The van der Waals surface area contributed by atoms with Crippen LogP contribution in [0.4, 0.5) is 0 Å². The van der Waals surface area contributed by atoms with Crippen molar-refractivity contribution in [1.29, 1.82) is 0 Å². The van der Waals surface area contributed by atoms with Crippen molar-refractivity contribution in [1.82, 2.24) is 0 Å². The van der Waals surface area contributed by atoms with E-state index in [-0.39, 0.29) is 0 Å². The highest BCUT2D eigenvalue weighted by atomic mass is 35.9. The summed E-state index contributed by atoms with van der Waals surface area (Å²) in [5.41, 5.74) is 1.07. The molecule has 0 aliphatic heterocycles. The van der Waals surface area contributed by atoms with Crippen LogP contribution in [0.3, 0.4) is 0 Å². The minimum Gasteiger partial charge on any atom is -0.122 e. The van der Waals surface area contributed by atoms with E-state index in [1.165, 1.54) is 0 Å². The van der Waals surface area contributed by atoms with Gasteiger partial charge in [0.25, 0.3) is 0 Å². The highest BCUT2D eigenvalue weighted by molar-refractivity contribution is 8.39. The molecule has 5 heteroatoms. The second kappa shape index (κ2) is 5.00. The lowest BCUT2D eigenvalue weighted by molar-refractivity contribution is 1.38. The lowest BCUT2D eigenvalue weighted by Gasteiger charge is -2.03. The molecule has 0 nitrogen and oxygen atoms in total. The van der Waals surface area contributed by atoms with Gasteiger partial charge in [0.15, 0.2) is 0 Å². The van der Waals surface area contributed by atoms with Gasteiger partial charge in [-0.1, -0.05) is 45.9 Å². The molecule has 0 N–H and O–H groups in total. The number of hydrogen-bond donors (Lipinski definition) is 0. The maximum Gasteiger partial charge on any atom is 0.123 e. The average Bonchev–Trinajstić information content (AvgIpc) is 1.59. The molecule has 0 aromatic heterocycles. The molecule has 0 bridgehead atoms. The molecule has 0 aromatic rings. The van der Waals surface area contributed by atoms with Gasteiger partial charge in [-0.25, -0.2) is 0 Å². The maximum absolute atomic E-state index is 5.67. The first-order valence-corrected chi connectivity index (χ1v) is 7.99. The summed E-state index contributed by atoms with van der Waals surface area (Å²) in [5, 5.41) is 0. The van der Waals surface area contributed by atoms with Crippen LogP contribution in [0, 0.1) is 0 Å². The normalized spacial score (nSPS) is 13.8. The summed E-state index contributed by atoms with van der Waals surface area (Å²) in [6, 6.07) is 0. The van der Waals surface area contributed by atoms with Gasteiger partial charge in [0.2, 0.25) is 0 Å². The summed E-state index contributed by atoms with van der Waals surface area (Å²) in [4.78, 5) is 0. The van der Waals surface area contributed by atoms with E-state index < -0.39 is 4.74 Å². The Morgan fingerprint density at radius 3 is 2.40 bits per heavy atom. The Kier molecular flexibility index (Phi) is 5.63. The summed E-state index contributed by atoms with van der Waals surface area (Å²) >= 11 is 21.6. The maximum atomic E-state index is 5.67. The summed E-state index contributed by atoms with van der Waals surface area (Å²) in [7, 11) is 0. The molecule has 0 spiro atoms. The molecule has 0 aliphatic carbocycles. The molecule has 60 valence electrons. The number of hydrogen-bond acceptors (Lipinski definition) is 1. The summed E-state index contributed by atoms with van der Waals surface area (Å²) < 4.78 is -2.10. The van der Waals surface area contributed by atoms with E-state index in [4.69, 9.17) is 45.9 Å². The minimum atomic E-state index is -2.10. The predicted molar refractivity (Wildman–Crippen MR) is 55.3 cm³/mol. The first-order valence-electron chi connectivity index (χ1n) is 2.65. The Hall–Kier alpha value is 1.26. The standard InChI is InChI=1S/C5H8Cl3PS/c1-5(2-3-6)4-9(7,8)10/h2H,3-4H2,1H3/b5-2+. The van der Waals surface area contributed by atoms with E-state index in [9.17, 15) is 0 Å². The van der Waals surface area contributed by atoms with E-state index in [0.717, 1.165) is 5.57 Å². The molecular formula is C5H8Cl3PS. The Balaban J connectivity index is 3.92. The van der Waals surface area contributed by atoms with E-state index in [0.29, 0.717) is 12.0 Å². The quantitative estimate of drug-likeness (QED) is 0.407. The second-order valence-corrected chi connectivity index (χ2v) is 10.8. The van der Waals surface area contributed by atoms with Gasteiger partial charge >= 0.3 is 0 Å². The van der Waals surface area contributed by atoms with Crippen LogP contribution in [0.5, 0.6) is 0 Å². The highest BCUT2D eigenvalue weighted by Crippen LogP contribution is 2.57. The third-order valence-electron chi connectivity index (χ3n) is 0.859. The second-order valence-electron chi connectivity index (χ2n) is 1.93. The van der Waals surface area contributed by atoms with Crippen LogP contribution < -0.4 is 0 Å². The molecule has 0 unspecified atom stereocenters. The van der Waals surface area contributed by atoms with Crippen LogP contribution in [-0.4, -0.2) is 12.0 Å². The highest BCUT2D eigenvalue weighted by Gasteiger charge is 2.07. The molecule has 0 heterocycles. The topological polar surface area (TPSA) is 0 Å². The van der Waals surface area contributed by atoms with Crippen LogP contribution in [0.25, 0.3) is 0 Å². The largest absolute Gasteiger partial charge is 0.123 e. The predicted octanol–water partition coefficient (Wildman–Crippen LogP) is 3.96. The number of halogens is 3. The van der Waals surface area contributed by atoms with Gasteiger partial charge in [0, 0.05) is 12.0 Å². The summed E-state index contributed by atoms with van der Waals surface area (Å²) in [5.74, 6) is 0.495. The van der Waals surface area contributed by atoms with Gasteiger partial charge in [0.05, 0.1) is 0 Å². The van der Waals surface area contributed by atoms with Crippen LogP contribution in [0.1, 0.15) is 6.92 Å². The molecule has 0 amide bonds. The molecule has 0 radical (unpaired) electrons. The van der Waals surface area contributed by atoms with Crippen molar-refractivity contribution in [2.75, 3.05) is 12.0 Å². The van der Waals surface area contributed by atoms with Crippen LogP contribution in [0.15, 0.2) is 11.6 Å². The van der Waals surface area contributed by atoms with Crippen molar-refractivity contribution < 1.29 is 0 Å². The zero-order chi connectivity index (χ0) is 8.20. The smallest absolute Gasteiger partial charge is 0.122 e. The fourth-order valence-corrected chi connectivity index (χ4v) is 3.20. The monoisotopic (exact) mass is 236 g/mol. The van der Waals surface area contributed by atoms with Crippen LogP contribution >= 0.6 is 38.8 Å². The fraction of sp³-hybridized carbons (Fsp3) is 0.600. The number of alkyl halides is 1. The molecule has 0 saturated heterocycles. The zero-order valence-electron chi connectivity index (χ0n) is 5.48. The molecule has 10 heavy (non-hydrogen) atoms. The molecule has 0 aromatic carbocycles. The summed E-state index contributed by atoms with van der Waals surface area (Å²) in [6.45, 7) is 1.92. The lowest BCUT2D eigenvalue weighted by atomic mass is 10.3. The average molecular weight is 238 g/mol. The van der Waals surface area contributed by atoms with Crippen molar-refractivity contribution in [3.63, 3.8) is 0 Å². The number of rotatable bonds is 3. The Labute approximate surface area is 81.1 Å². The van der Waals surface area contributed by atoms with Crippen molar-refractivity contribution in [2.24, 2.45) is 0 Å². The number of allylic oxidation sites excluding steroid dienone is 2. The minimum absolute atomic E-state index is 0.495. The molecule has 0 atom stereocenters. The SMILES string of the molecule is C/C(=C\CCl)CP(=S)(Cl)Cl. The Morgan fingerprint density at radius 1 is 1.60 bits per heavy atom. The summed E-state index contributed by atoms with van der Waals surface area (Å²) in [6.07, 6.45) is 2.46. The Morgan fingerprint density at radius 2 is 2.10 bits per heavy atom. The van der Waals surface area contributed by atoms with E-state index in [1.54, 1.807) is 0 Å². The third-order valence-corrected chi connectivity index (χ3v) is 2.98. The molecular weight excluding hydrogens is 229 g/mol. The van der Waals surface area contributed by atoms with Gasteiger partial charge in [-0.05, 0) is 6.92 Å². The zero-order valence-corrected chi connectivity index (χ0v) is 9.46. The molecule has 0 fully saturated rings. The first-order chi connectivity index (χ1) is 4.45. The molecule has 0 aliphatic rings. The Bertz CT molecular complexity index is 172. The van der Waals surface area contributed by atoms with Crippen molar-refractivity contribution >= 4 is 50.6 Å². The third kappa shape index (κ3) is 7.37. The van der Waals surface area contributed by atoms with Crippen molar-refractivity contribution in [2.45, 2.75) is 6.92 Å². The van der Waals surface area contributed by atoms with Gasteiger partial charge in [-0.3, -0.25) is 0 Å². The van der Waals surface area contributed by atoms with Gasteiger partial charge in [-0.2, -0.15) is 0 Å².